The fourth-order valence-corrected chi connectivity index (χ4v) is 2.53. The topological polar surface area (TPSA) is 35.2 Å². The third-order valence-corrected chi connectivity index (χ3v) is 3.71. The van der Waals surface area contributed by atoms with Gasteiger partial charge >= 0.3 is 0 Å². The van der Waals surface area contributed by atoms with Crippen molar-refractivity contribution < 1.29 is 4.74 Å². The Balaban J connectivity index is 2.40. The number of rotatable bonds is 4. The van der Waals surface area contributed by atoms with E-state index in [4.69, 9.17) is 10.5 Å². The Morgan fingerprint density at radius 1 is 1.38 bits per heavy atom. The highest BCUT2D eigenvalue weighted by molar-refractivity contribution is 5.44. The van der Waals surface area contributed by atoms with E-state index < -0.39 is 0 Å². The van der Waals surface area contributed by atoms with Gasteiger partial charge < -0.3 is 10.5 Å². The zero-order chi connectivity index (χ0) is 11.6. The zero-order valence-electron chi connectivity index (χ0n) is 10.3. The maximum Gasteiger partial charge on any atom is 0.123 e. The van der Waals surface area contributed by atoms with Crippen LogP contribution in [0, 0.1) is 6.92 Å². The van der Waals surface area contributed by atoms with Crippen molar-refractivity contribution in [3.63, 3.8) is 0 Å². The molecule has 0 unspecified atom stereocenters. The lowest BCUT2D eigenvalue weighted by Crippen LogP contribution is -2.41. The van der Waals surface area contributed by atoms with E-state index in [0.717, 1.165) is 18.9 Å². The Labute approximate surface area is 97.8 Å². The monoisotopic (exact) mass is 219 g/mol. The van der Waals surface area contributed by atoms with Crippen molar-refractivity contribution in [1.29, 1.82) is 0 Å². The molecule has 2 heteroatoms. The van der Waals surface area contributed by atoms with E-state index in [-0.39, 0.29) is 5.41 Å². The minimum atomic E-state index is 0.191. The lowest BCUT2D eigenvalue weighted by Gasteiger charge is -2.42. The van der Waals surface area contributed by atoms with Gasteiger partial charge in [0.15, 0.2) is 0 Å². The molecule has 0 aromatic heterocycles. The molecule has 0 atom stereocenters. The molecule has 88 valence electrons. The van der Waals surface area contributed by atoms with Crippen LogP contribution >= 0.6 is 0 Å². The summed E-state index contributed by atoms with van der Waals surface area (Å²) in [5.41, 5.74) is 8.76. The second-order valence-electron chi connectivity index (χ2n) is 4.77. The molecular weight excluding hydrogens is 198 g/mol. The Morgan fingerprint density at radius 2 is 2.12 bits per heavy atom. The molecule has 0 bridgehead atoms. The molecule has 1 saturated carbocycles. The molecular formula is C14H21NO. The first-order valence-electron chi connectivity index (χ1n) is 6.16. The molecule has 2 nitrogen and oxygen atoms in total. The van der Waals surface area contributed by atoms with Gasteiger partial charge in [0.1, 0.15) is 5.75 Å². The second kappa shape index (κ2) is 4.46. The van der Waals surface area contributed by atoms with Crippen molar-refractivity contribution in [3.8, 4) is 5.75 Å². The largest absolute Gasteiger partial charge is 0.494 e. The highest BCUT2D eigenvalue weighted by Gasteiger charge is 2.39. The van der Waals surface area contributed by atoms with Gasteiger partial charge in [0.05, 0.1) is 6.61 Å². The summed E-state index contributed by atoms with van der Waals surface area (Å²) >= 11 is 0. The van der Waals surface area contributed by atoms with Gasteiger partial charge in [-0.15, -0.1) is 0 Å². The van der Waals surface area contributed by atoms with E-state index in [0.29, 0.717) is 0 Å². The molecule has 1 aromatic carbocycles. The van der Waals surface area contributed by atoms with Crippen molar-refractivity contribution >= 4 is 0 Å². The lowest BCUT2D eigenvalue weighted by molar-refractivity contribution is 0.237. The SMILES string of the molecule is CCOc1ccc(C)cc1C1(CN)CCC1. The summed E-state index contributed by atoms with van der Waals surface area (Å²) in [6.45, 7) is 5.61. The fourth-order valence-electron chi connectivity index (χ4n) is 2.53. The maximum absolute atomic E-state index is 5.96. The Kier molecular flexibility index (Phi) is 3.20. The molecule has 0 heterocycles. The molecule has 0 amide bonds. The molecule has 0 saturated heterocycles. The van der Waals surface area contributed by atoms with Crippen LogP contribution < -0.4 is 10.5 Å². The number of ether oxygens (including phenoxy) is 1. The Hall–Kier alpha value is -1.02. The third kappa shape index (κ3) is 1.82. The van der Waals surface area contributed by atoms with Crippen LogP contribution in [-0.2, 0) is 5.41 Å². The molecule has 2 rings (SSSR count). The first-order chi connectivity index (χ1) is 7.72. The minimum Gasteiger partial charge on any atom is -0.494 e. The van der Waals surface area contributed by atoms with Gasteiger partial charge in [0, 0.05) is 17.5 Å². The van der Waals surface area contributed by atoms with Crippen LogP contribution in [0.5, 0.6) is 5.75 Å². The summed E-state index contributed by atoms with van der Waals surface area (Å²) in [7, 11) is 0. The smallest absolute Gasteiger partial charge is 0.123 e. The molecule has 16 heavy (non-hydrogen) atoms. The van der Waals surface area contributed by atoms with Crippen LogP contribution in [-0.4, -0.2) is 13.2 Å². The number of hydrogen-bond donors (Lipinski definition) is 1. The van der Waals surface area contributed by atoms with Crippen molar-refractivity contribution in [1.82, 2.24) is 0 Å². The summed E-state index contributed by atoms with van der Waals surface area (Å²) < 4.78 is 5.72. The van der Waals surface area contributed by atoms with E-state index >= 15 is 0 Å². The van der Waals surface area contributed by atoms with Crippen LogP contribution in [0.15, 0.2) is 18.2 Å². The summed E-state index contributed by atoms with van der Waals surface area (Å²) in [5.74, 6) is 1.03. The zero-order valence-corrected chi connectivity index (χ0v) is 10.3. The molecule has 1 aliphatic rings. The second-order valence-corrected chi connectivity index (χ2v) is 4.77. The van der Waals surface area contributed by atoms with Gasteiger partial charge in [-0.3, -0.25) is 0 Å². The highest BCUT2D eigenvalue weighted by atomic mass is 16.5. The molecule has 2 N–H and O–H groups in total. The van der Waals surface area contributed by atoms with Gasteiger partial charge in [-0.2, -0.15) is 0 Å². The average molecular weight is 219 g/mol. The molecule has 1 aromatic rings. The predicted octanol–water partition coefficient (Wildman–Crippen LogP) is 2.77. The van der Waals surface area contributed by atoms with E-state index in [2.05, 4.69) is 25.1 Å². The molecule has 0 radical (unpaired) electrons. The quantitative estimate of drug-likeness (QED) is 0.845. The van der Waals surface area contributed by atoms with Gasteiger partial charge in [-0.25, -0.2) is 0 Å². The van der Waals surface area contributed by atoms with E-state index in [1.807, 2.05) is 6.92 Å². The normalized spacial score (nSPS) is 17.9. The Morgan fingerprint density at radius 3 is 2.62 bits per heavy atom. The van der Waals surface area contributed by atoms with Crippen LogP contribution in [0.1, 0.15) is 37.3 Å². The number of nitrogens with two attached hydrogens (primary N) is 1. The standard InChI is InChI=1S/C14H21NO/c1-3-16-13-6-5-11(2)9-12(13)14(10-15)7-4-8-14/h5-6,9H,3-4,7-8,10,15H2,1-2H3. The number of benzene rings is 1. The van der Waals surface area contributed by atoms with Gasteiger partial charge in [-0.1, -0.05) is 24.1 Å². The van der Waals surface area contributed by atoms with Gasteiger partial charge in [0.25, 0.3) is 0 Å². The average Bonchev–Trinajstić information content (AvgIpc) is 2.21. The predicted molar refractivity (Wildman–Crippen MR) is 66.9 cm³/mol. The third-order valence-electron chi connectivity index (χ3n) is 3.71. The summed E-state index contributed by atoms with van der Waals surface area (Å²) in [6, 6.07) is 6.44. The van der Waals surface area contributed by atoms with Crippen molar-refractivity contribution in [2.24, 2.45) is 5.73 Å². The molecule has 0 spiro atoms. The van der Waals surface area contributed by atoms with Crippen LogP contribution in [0.25, 0.3) is 0 Å². The highest BCUT2D eigenvalue weighted by Crippen LogP contribution is 2.46. The van der Waals surface area contributed by atoms with Crippen LogP contribution in [0.2, 0.25) is 0 Å². The van der Waals surface area contributed by atoms with Crippen LogP contribution in [0.4, 0.5) is 0 Å². The summed E-state index contributed by atoms with van der Waals surface area (Å²) in [4.78, 5) is 0. The van der Waals surface area contributed by atoms with Crippen molar-refractivity contribution in [2.45, 2.75) is 38.5 Å². The van der Waals surface area contributed by atoms with E-state index in [9.17, 15) is 0 Å². The summed E-state index contributed by atoms with van der Waals surface area (Å²) in [5, 5.41) is 0. The first-order valence-corrected chi connectivity index (χ1v) is 6.16. The number of aryl methyl sites for hydroxylation is 1. The first kappa shape index (κ1) is 11.5. The fraction of sp³-hybridized carbons (Fsp3) is 0.571. The van der Waals surface area contributed by atoms with Crippen LogP contribution in [0.3, 0.4) is 0 Å². The minimum absolute atomic E-state index is 0.191. The van der Waals surface area contributed by atoms with Gasteiger partial charge in [0.2, 0.25) is 0 Å². The van der Waals surface area contributed by atoms with E-state index in [1.165, 1.54) is 30.4 Å². The molecule has 1 fully saturated rings. The number of hydrogen-bond acceptors (Lipinski definition) is 2. The maximum atomic E-state index is 5.96. The molecule has 0 aliphatic heterocycles. The Bertz CT molecular complexity index is 363. The van der Waals surface area contributed by atoms with E-state index in [1.54, 1.807) is 0 Å². The van der Waals surface area contributed by atoms with Gasteiger partial charge in [-0.05, 0) is 32.8 Å². The summed E-state index contributed by atoms with van der Waals surface area (Å²) in [6.07, 6.45) is 3.69. The molecule has 1 aliphatic carbocycles. The lowest BCUT2D eigenvalue weighted by atomic mass is 9.64. The van der Waals surface area contributed by atoms with Crippen molar-refractivity contribution in [2.75, 3.05) is 13.2 Å². The van der Waals surface area contributed by atoms with Crippen molar-refractivity contribution in [3.05, 3.63) is 29.3 Å².